The van der Waals surface area contributed by atoms with Gasteiger partial charge in [0, 0.05) is 24.8 Å². The van der Waals surface area contributed by atoms with Crippen molar-refractivity contribution in [1.29, 1.82) is 0 Å². The first-order valence-corrected chi connectivity index (χ1v) is 12.3. The van der Waals surface area contributed by atoms with Gasteiger partial charge < -0.3 is 15.0 Å². The van der Waals surface area contributed by atoms with Gasteiger partial charge in [-0.05, 0) is 66.8 Å². The largest absolute Gasteiger partial charge is 0.573 e. The topological polar surface area (TPSA) is 105 Å². The van der Waals surface area contributed by atoms with Gasteiger partial charge in [0.25, 0.3) is 0 Å². The van der Waals surface area contributed by atoms with Gasteiger partial charge in [-0.3, -0.25) is 9.59 Å². The standard InChI is InChI=1S/C23H26F3N3O5S/c1-14(2)12-20(22(31)27-17-4-6-18(7-5-17)34-23(24,25)26)28-35(32,33)19-8-9-21-16(13-19)10-11-29(21)15(3)30/h4-9,13-14,20,28H,10-12H2,1-3H3,(H,27,31). The van der Waals surface area contributed by atoms with Crippen molar-refractivity contribution < 1.29 is 35.9 Å². The van der Waals surface area contributed by atoms with Crippen LogP contribution in [-0.4, -0.2) is 39.2 Å². The molecule has 2 aromatic carbocycles. The summed E-state index contributed by atoms with van der Waals surface area (Å²) in [4.78, 5) is 26.2. The number of amides is 2. The van der Waals surface area contributed by atoms with Crippen LogP contribution in [0.25, 0.3) is 0 Å². The van der Waals surface area contributed by atoms with E-state index in [1.165, 1.54) is 31.2 Å². The molecule has 2 amide bonds. The zero-order valence-electron chi connectivity index (χ0n) is 19.3. The van der Waals surface area contributed by atoms with Crippen molar-refractivity contribution in [1.82, 2.24) is 4.72 Å². The van der Waals surface area contributed by atoms with Crippen molar-refractivity contribution in [2.24, 2.45) is 5.92 Å². The molecule has 3 rings (SSSR count). The van der Waals surface area contributed by atoms with E-state index >= 15 is 0 Å². The molecule has 0 fully saturated rings. The summed E-state index contributed by atoms with van der Waals surface area (Å²) in [5, 5.41) is 2.52. The molecular weight excluding hydrogens is 487 g/mol. The normalized spacial score (nSPS) is 14.5. The van der Waals surface area contributed by atoms with Gasteiger partial charge in [-0.1, -0.05) is 13.8 Å². The maximum Gasteiger partial charge on any atom is 0.573 e. The molecule has 0 spiro atoms. The van der Waals surface area contributed by atoms with Crippen molar-refractivity contribution in [2.45, 2.75) is 50.9 Å². The van der Waals surface area contributed by atoms with Gasteiger partial charge >= 0.3 is 6.36 Å². The van der Waals surface area contributed by atoms with E-state index in [2.05, 4.69) is 14.8 Å². The van der Waals surface area contributed by atoms with Crippen molar-refractivity contribution in [2.75, 3.05) is 16.8 Å². The molecule has 0 radical (unpaired) electrons. The predicted octanol–water partition coefficient (Wildman–Crippen LogP) is 3.83. The van der Waals surface area contributed by atoms with Gasteiger partial charge in [0.05, 0.1) is 4.90 Å². The number of benzene rings is 2. The number of fused-ring (bicyclic) bond motifs is 1. The van der Waals surface area contributed by atoms with Crippen LogP contribution in [0.3, 0.4) is 0 Å². The van der Waals surface area contributed by atoms with Gasteiger partial charge in [0.15, 0.2) is 0 Å². The van der Waals surface area contributed by atoms with E-state index < -0.39 is 34.1 Å². The minimum atomic E-state index is -4.84. The molecule has 0 aliphatic carbocycles. The maximum atomic E-state index is 13.1. The number of anilines is 2. The monoisotopic (exact) mass is 513 g/mol. The summed E-state index contributed by atoms with van der Waals surface area (Å²) in [5.41, 5.74) is 1.55. The van der Waals surface area contributed by atoms with Gasteiger partial charge in [0.1, 0.15) is 11.8 Å². The molecule has 1 aliphatic heterocycles. The van der Waals surface area contributed by atoms with Crippen LogP contribution in [0.2, 0.25) is 0 Å². The fourth-order valence-corrected chi connectivity index (χ4v) is 5.04. The minimum absolute atomic E-state index is 0.0307. The summed E-state index contributed by atoms with van der Waals surface area (Å²) >= 11 is 0. The number of nitrogens with one attached hydrogen (secondary N) is 2. The van der Waals surface area contributed by atoms with Crippen LogP contribution in [0.5, 0.6) is 5.75 Å². The number of ether oxygens (including phenoxy) is 1. The fraction of sp³-hybridized carbons (Fsp3) is 0.391. The van der Waals surface area contributed by atoms with E-state index in [9.17, 15) is 31.2 Å². The Hall–Kier alpha value is -3.12. The van der Waals surface area contributed by atoms with E-state index in [0.29, 0.717) is 24.2 Å². The lowest BCUT2D eigenvalue weighted by molar-refractivity contribution is -0.274. The van der Waals surface area contributed by atoms with E-state index in [0.717, 1.165) is 12.1 Å². The Morgan fingerprint density at radius 1 is 1.11 bits per heavy atom. The van der Waals surface area contributed by atoms with Crippen molar-refractivity contribution in [3.8, 4) is 5.75 Å². The van der Waals surface area contributed by atoms with Crippen LogP contribution >= 0.6 is 0 Å². The average Bonchev–Trinajstić information content (AvgIpc) is 3.17. The first kappa shape index (κ1) is 26.5. The number of halogens is 3. The van der Waals surface area contributed by atoms with Gasteiger partial charge in [-0.25, -0.2) is 8.42 Å². The Morgan fingerprint density at radius 2 is 1.77 bits per heavy atom. The molecule has 0 saturated heterocycles. The zero-order valence-corrected chi connectivity index (χ0v) is 20.2. The highest BCUT2D eigenvalue weighted by Crippen LogP contribution is 2.30. The number of hydrogen-bond donors (Lipinski definition) is 2. The maximum absolute atomic E-state index is 13.1. The predicted molar refractivity (Wildman–Crippen MR) is 123 cm³/mol. The highest BCUT2D eigenvalue weighted by atomic mass is 32.2. The molecule has 1 atom stereocenters. The summed E-state index contributed by atoms with van der Waals surface area (Å²) in [5.74, 6) is -1.28. The van der Waals surface area contributed by atoms with E-state index in [-0.39, 0.29) is 28.8 Å². The second kappa shape index (κ2) is 10.2. The van der Waals surface area contributed by atoms with E-state index in [1.54, 1.807) is 11.0 Å². The molecule has 2 N–H and O–H groups in total. The first-order chi connectivity index (χ1) is 16.2. The number of hydrogen-bond acceptors (Lipinski definition) is 5. The second-order valence-corrected chi connectivity index (χ2v) is 10.3. The molecule has 8 nitrogen and oxygen atoms in total. The third kappa shape index (κ3) is 6.95. The van der Waals surface area contributed by atoms with Gasteiger partial charge in [-0.2, -0.15) is 4.72 Å². The molecule has 12 heteroatoms. The Bertz CT molecular complexity index is 1200. The molecule has 0 saturated carbocycles. The number of alkyl halides is 3. The quantitative estimate of drug-likeness (QED) is 0.558. The molecule has 1 unspecified atom stereocenters. The van der Waals surface area contributed by atoms with Crippen molar-refractivity contribution >= 4 is 33.2 Å². The molecule has 1 heterocycles. The van der Waals surface area contributed by atoms with E-state index in [1.807, 2.05) is 13.8 Å². The molecular formula is C23H26F3N3O5S. The summed E-state index contributed by atoms with van der Waals surface area (Å²) < 4.78 is 69.4. The second-order valence-electron chi connectivity index (χ2n) is 8.58. The Morgan fingerprint density at radius 3 is 2.34 bits per heavy atom. The van der Waals surface area contributed by atoms with Gasteiger partial charge in [-0.15, -0.1) is 13.2 Å². The van der Waals surface area contributed by atoms with E-state index in [4.69, 9.17) is 0 Å². The number of carbonyl (C=O) groups is 2. The zero-order chi connectivity index (χ0) is 26.0. The highest BCUT2D eigenvalue weighted by Gasteiger charge is 2.31. The molecule has 35 heavy (non-hydrogen) atoms. The lowest BCUT2D eigenvalue weighted by atomic mass is 10.0. The van der Waals surface area contributed by atoms with Gasteiger partial charge in [0.2, 0.25) is 21.8 Å². The third-order valence-corrected chi connectivity index (χ3v) is 6.78. The Kier molecular flexibility index (Phi) is 7.75. The lowest BCUT2D eigenvalue weighted by Crippen LogP contribution is -2.44. The van der Waals surface area contributed by atoms with Crippen LogP contribution < -0.4 is 19.7 Å². The van der Waals surface area contributed by atoms with Crippen LogP contribution in [0.1, 0.15) is 32.8 Å². The van der Waals surface area contributed by atoms with Crippen LogP contribution in [0, 0.1) is 5.92 Å². The SMILES string of the molecule is CC(=O)N1CCc2cc(S(=O)(=O)NC(CC(C)C)C(=O)Nc3ccc(OC(F)(F)F)cc3)ccc21. The molecule has 0 aromatic heterocycles. The number of carbonyl (C=O) groups excluding carboxylic acids is 2. The fourth-order valence-electron chi connectivity index (χ4n) is 3.78. The summed E-state index contributed by atoms with van der Waals surface area (Å²) in [6.45, 7) is 5.55. The lowest BCUT2D eigenvalue weighted by Gasteiger charge is -2.21. The summed E-state index contributed by atoms with van der Waals surface area (Å²) in [7, 11) is -4.09. The highest BCUT2D eigenvalue weighted by molar-refractivity contribution is 7.89. The molecule has 2 aromatic rings. The molecule has 1 aliphatic rings. The smallest absolute Gasteiger partial charge is 0.406 e. The Labute approximate surface area is 201 Å². The number of rotatable bonds is 8. The molecule has 0 bridgehead atoms. The first-order valence-electron chi connectivity index (χ1n) is 10.8. The number of sulfonamides is 1. The third-order valence-electron chi connectivity index (χ3n) is 5.31. The summed E-state index contributed by atoms with van der Waals surface area (Å²) in [6, 6.07) is 7.84. The van der Waals surface area contributed by atoms with Crippen LogP contribution in [0.15, 0.2) is 47.4 Å². The van der Waals surface area contributed by atoms with Crippen molar-refractivity contribution in [3.63, 3.8) is 0 Å². The average molecular weight is 514 g/mol. The Balaban J connectivity index is 1.76. The number of nitrogens with zero attached hydrogens (tertiary/aromatic N) is 1. The summed E-state index contributed by atoms with van der Waals surface area (Å²) in [6.07, 6.45) is -4.14. The van der Waals surface area contributed by atoms with Crippen LogP contribution in [-0.2, 0) is 26.0 Å². The van der Waals surface area contributed by atoms with Crippen molar-refractivity contribution in [3.05, 3.63) is 48.0 Å². The van der Waals surface area contributed by atoms with Crippen LogP contribution in [0.4, 0.5) is 24.5 Å². The molecule has 190 valence electrons. The minimum Gasteiger partial charge on any atom is -0.406 e.